The zero-order valence-corrected chi connectivity index (χ0v) is 20.2. The number of hydrogen-bond donors (Lipinski definition) is 4. The van der Waals surface area contributed by atoms with Crippen molar-refractivity contribution in [3.8, 4) is 5.75 Å². The Balaban J connectivity index is 1.41. The Hall–Kier alpha value is -3.61. The second kappa shape index (κ2) is 11.8. The second-order valence-electron chi connectivity index (χ2n) is 8.91. The standard InChI is InChI=1S/C27H28O11/c28-20-12-6-7-13-27(20,34)26(33)36-14-17-10-4-5-11-18(17)37-25-23(31)22(30)21(29)19(38-25)15-35-24(32)16-8-2-1-3-9-16/h1-5,7-11,13,19,21-23,25,29-31,34H,6,12,14-15H2. The summed E-state index contributed by atoms with van der Waals surface area (Å²) in [4.78, 5) is 36.8. The quantitative estimate of drug-likeness (QED) is 0.213. The van der Waals surface area contributed by atoms with Gasteiger partial charge < -0.3 is 39.4 Å². The molecular weight excluding hydrogens is 500 g/mol. The van der Waals surface area contributed by atoms with E-state index in [9.17, 15) is 34.8 Å². The Kier molecular flexibility index (Phi) is 8.55. The van der Waals surface area contributed by atoms with E-state index in [4.69, 9.17) is 18.9 Å². The van der Waals surface area contributed by atoms with Gasteiger partial charge in [-0.3, -0.25) is 4.79 Å². The molecule has 202 valence electrons. The first-order valence-corrected chi connectivity index (χ1v) is 12.0. The lowest BCUT2D eigenvalue weighted by atomic mass is 9.90. The number of ether oxygens (including phenoxy) is 4. The topological polar surface area (TPSA) is 169 Å². The molecule has 0 saturated carbocycles. The fourth-order valence-electron chi connectivity index (χ4n) is 4.02. The first-order valence-electron chi connectivity index (χ1n) is 12.0. The molecule has 2 aromatic rings. The smallest absolute Gasteiger partial charge is 0.350 e. The summed E-state index contributed by atoms with van der Waals surface area (Å²) < 4.78 is 21.7. The largest absolute Gasteiger partial charge is 0.462 e. The van der Waals surface area contributed by atoms with Crippen LogP contribution in [0.1, 0.15) is 28.8 Å². The Morgan fingerprint density at radius 1 is 0.947 bits per heavy atom. The molecule has 1 heterocycles. The van der Waals surface area contributed by atoms with E-state index in [1.807, 2.05) is 0 Å². The molecule has 11 nitrogen and oxygen atoms in total. The average molecular weight is 529 g/mol. The first-order chi connectivity index (χ1) is 18.2. The van der Waals surface area contributed by atoms with Crippen LogP contribution < -0.4 is 4.74 Å². The van der Waals surface area contributed by atoms with Gasteiger partial charge in [0.2, 0.25) is 11.9 Å². The monoisotopic (exact) mass is 528 g/mol. The predicted octanol–water partition coefficient (Wildman–Crippen LogP) is 0.423. The average Bonchev–Trinajstić information content (AvgIpc) is 2.93. The number of benzene rings is 2. The van der Waals surface area contributed by atoms with Crippen molar-refractivity contribution < 1.29 is 53.8 Å². The third-order valence-electron chi connectivity index (χ3n) is 6.26. The number of carbonyl (C=O) groups is 3. The van der Waals surface area contributed by atoms with Crippen molar-refractivity contribution in [1.82, 2.24) is 0 Å². The summed E-state index contributed by atoms with van der Waals surface area (Å²) in [5.74, 6) is -2.37. The summed E-state index contributed by atoms with van der Waals surface area (Å²) >= 11 is 0. The number of aliphatic hydroxyl groups is 4. The highest BCUT2D eigenvalue weighted by molar-refractivity contribution is 6.09. The van der Waals surface area contributed by atoms with E-state index in [-0.39, 0.29) is 24.3 Å². The molecule has 11 heteroatoms. The zero-order chi connectivity index (χ0) is 27.3. The summed E-state index contributed by atoms with van der Waals surface area (Å²) in [6.07, 6.45) is -4.60. The van der Waals surface area contributed by atoms with Crippen molar-refractivity contribution in [3.63, 3.8) is 0 Å². The van der Waals surface area contributed by atoms with Crippen LogP contribution in [-0.4, -0.2) is 81.1 Å². The molecule has 4 N–H and O–H groups in total. The van der Waals surface area contributed by atoms with E-state index >= 15 is 0 Å². The molecule has 0 bridgehead atoms. The minimum atomic E-state index is -2.36. The van der Waals surface area contributed by atoms with Gasteiger partial charge in [0.25, 0.3) is 0 Å². The number of Topliss-reactive ketones (excluding diaryl/α,β-unsaturated/α-hetero) is 1. The van der Waals surface area contributed by atoms with Crippen LogP contribution in [0.4, 0.5) is 0 Å². The number of aliphatic hydroxyl groups excluding tert-OH is 3. The number of hydrogen-bond acceptors (Lipinski definition) is 11. The van der Waals surface area contributed by atoms with Gasteiger partial charge in [-0.25, -0.2) is 9.59 Å². The molecule has 0 spiro atoms. The third kappa shape index (κ3) is 5.93. The highest BCUT2D eigenvalue weighted by atomic mass is 16.7. The van der Waals surface area contributed by atoms with Gasteiger partial charge in [-0.05, 0) is 30.7 Å². The summed E-state index contributed by atoms with van der Waals surface area (Å²) in [7, 11) is 0. The number of para-hydroxylation sites is 1. The first kappa shape index (κ1) is 27.4. The minimum absolute atomic E-state index is 0.00864. The van der Waals surface area contributed by atoms with Gasteiger partial charge in [0.15, 0.2) is 5.78 Å². The van der Waals surface area contributed by atoms with E-state index in [1.54, 1.807) is 48.5 Å². The molecule has 0 amide bonds. The SMILES string of the molecule is O=C(OCC1OC(Oc2ccccc2COC(=O)C2(O)C=CCCC2=O)C(O)C(O)C1O)c1ccccc1. The summed E-state index contributed by atoms with van der Waals surface area (Å²) in [5.41, 5.74) is -1.77. The van der Waals surface area contributed by atoms with Crippen LogP contribution in [0, 0.1) is 0 Å². The van der Waals surface area contributed by atoms with Gasteiger partial charge in [-0.1, -0.05) is 42.5 Å². The number of ketones is 1. The Morgan fingerprint density at radius 3 is 2.39 bits per heavy atom. The van der Waals surface area contributed by atoms with Crippen LogP contribution >= 0.6 is 0 Å². The van der Waals surface area contributed by atoms with Crippen molar-refractivity contribution in [2.24, 2.45) is 0 Å². The lowest BCUT2D eigenvalue weighted by Gasteiger charge is -2.40. The van der Waals surface area contributed by atoms with E-state index in [0.29, 0.717) is 12.0 Å². The molecule has 1 fully saturated rings. The number of allylic oxidation sites excluding steroid dienone is 1. The molecule has 4 rings (SSSR count). The Labute approximate surface area is 217 Å². The highest BCUT2D eigenvalue weighted by Gasteiger charge is 2.46. The van der Waals surface area contributed by atoms with Crippen LogP contribution in [0.15, 0.2) is 66.7 Å². The number of esters is 2. The lowest BCUT2D eigenvalue weighted by Crippen LogP contribution is -2.60. The van der Waals surface area contributed by atoms with E-state index in [1.165, 1.54) is 12.1 Å². The van der Waals surface area contributed by atoms with Crippen molar-refractivity contribution in [2.45, 2.75) is 55.8 Å². The molecule has 2 aromatic carbocycles. The van der Waals surface area contributed by atoms with Gasteiger partial charge in [0.05, 0.1) is 5.56 Å². The fourth-order valence-corrected chi connectivity index (χ4v) is 4.02. The summed E-state index contributed by atoms with van der Waals surface area (Å²) in [6, 6.07) is 14.4. The van der Waals surface area contributed by atoms with Crippen LogP contribution in [0.3, 0.4) is 0 Å². The second-order valence-corrected chi connectivity index (χ2v) is 8.91. The van der Waals surface area contributed by atoms with Crippen LogP contribution in [-0.2, 0) is 30.4 Å². The van der Waals surface area contributed by atoms with Gasteiger partial charge >= 0.3 is 11.9 Å². The molecule has 2 aliphatic rings. The van der Waals surface area contributed by atoms with Gasteiger partial charge in [0, 0.05) is 12.0 Å². The molecule has 1 saturated heterocycles. The third-order valence-corrected chi connectivity index (χ3v) is 6.26. The molecular formula is C27H28O11. The maximum absolute atomic E-state index is 12.5. The van der Waals surface area contributed by atoms with E-state index < -0.39 is 60.6 Å². The van der Waals surface area contributed by atoms with Crippen molar-refractivity contribution >= 4 is 17.7 Å². The van der Waals surface area contributed by atoms with Gasteiger partial charge in [0.1, 0.15) is 43.4 Å². The molecule has 1 aliphatic carbocycles. The number of carbonyl (C=O) groups excluding carboxylic acids is 3. The van der Waals surface area contributed by atoms with Gasteiger partial charge in [-0.2, -0.15) is 0 Å². The van der Waals surface area contributed by atoms with Crippen LogP contribution in [0.25, 0.3) is 0 Å². The normalized spacial score (nSPS) is 28.9. The Bertz CT molecular complexity index is 1180. The molecule has 6 unspecified atom stereocenters. The van der Waals surface area contributed by atoms with Crippen LogP contribution in [0.2, 0.25) is 0 Å². The summed E-state index contributed by atoms with van der Waals surface area (Å²) in [6.45, 7) is -0.817. The Morgan fingerprint density at radius 2 is 1.66 bits per heavy atom. The van der Waals surface area contributed by atoms with Crippen molar-refractivity contribution in [3.05, 3.63) is 77.9 Å². The molecule has 6 atom stereocenters. The predicted molar refractivity (Wildman–Crippen MR) is 129 cm³/mol. The highest BCUT2D eigenvalue weighted by Crippen LogP contribution is 2.28. The molecule has 0 aromatic heterocycles. The molecule has 0 radical (unpaired) electrons. The van der Waals surface area contributed by atoms with Crippen LogP contribution in [0.5, 0.6) is 5.75 Å². The van der Waals surface area contributed by atoms with E-state index in [0.717, 1.165) is 6.08 Å². The van der Waals surface area contributed by atoms with Gasteiger partial charge in [-0.15, -0.1) is 0 Å². The number of rotatable bonds is 8. The molecule has 38 heavy (non-hydrogen) atoms. The zero-order valence-electron chi connectivity index (χ0n) is 20.2. The fraction of sp³-hybridized carbons (Fsp3) is 0.370. The maximum atomic E-state index is 12.5. The maximum Gasteiger partial charge on any atom is 0.350 e. The van der Waals surface area contributed by atoms with Crippen molar-refractivity contribution in [2.75, 3.05) is 6.61 Å². The summed E-state index contributed by atoms with van der Waals surface area (Å²) in [5, 5.41) is 41.6. The lowest BCUT2D eigenvalue weighted by molar-refractivity contribution is -0.277. The molecule has 1 aliphatic heterocycles. The van der Waals surface area contributed by atoms with Crippen molar-refractivity contribution in [1.29, 1.82) is 0 Å². The minimum Gasteiger partial charge on any atom is -0.462 e. The van der Waals surface area contributed by atoms with E-state index in [2.05, 4.69) is 0 Å².